The van der Waals surface area contributed by atoms with Crippen LogP contribution in [0.3, 0.4) is 0 Å². The van der Waals surface area contributed by atoms with E-state index in [0.717, 1.165) is 5.56 Å². The zero-order valence-electron chi connectivity index (χ0n) is 7.16. The van der Waals surface area contributed by atoms with Gasteiger partial charge in [-0.3, -0.25) is 4.79 Å². The largest absolute Gasteiger partial charge is 0.384 e. The predicted molar refractivity (Wildman–Crippen MR) is 49.5 cm³/mol. The van der Waals surface area contributed by atoms with E-state index in [1.807, 2.05) is 6.92 Å². The maximum Gasteiger partial charge on any atom is 0.293 e. The van der Waals surface area contributed by atoms with Gasteiger partial charge in [0.05, 0.1) is 0 Å². The lowest BCUT2D eigenvalue weighted by Crippen LogP contribution is -2.06. The Kier molecular flexibility index (Phi) is 2.50. The number of pyridine rings is 1. The molecule has 0 atom stereocenters. The van der Waals surface area contributed by atoms with Crippen molar-refractivity contribution in [2.75, 3.05) is 5.73 Å². The molecule has 4 N–H and O–H groups in total. The first-order valence-electron chi connectivity index (χ1n) is 3.63. The van der Waals surface area contributed by atoms with Crippen molar-refractivity contribution in [1.82, 2.24) is 4.98 Å². The number of nitrogen functional groups attached to an aromatic ring is 1. The van der Waals surface area contributed by atoms with E-state index in [1.54, 1.807) is 6.07 Å². The first-order chi connectivity index (χ1) is 6.09. The molecular weight excluding hydrogens is 166 g/mol. The minimum absolute atomic E-state index is 0.433. The summed E-state index contributed by atoms with van der Waals surface area (Å²) in [5, 5.41) is 0. The van der Waals surface area contributed by atoms with Gasteiger partial charge in [-0.2, -0.15) is 0 Å². The Morgan fingerprint density at radius 2 is 2.31 bits per heavy atom. The molecule has 0 unspecified atom stereocenters. The number of hydrogen-bond acceptors (Lipinski definition) is 3. The molecule has 1 amide bonds. The first kappa shape index (κ1) is 9.07. The van der Waals surface area contributed by atoms with Crippen molar-refractivity contribution in [3.05, 3.63) is 23.4 Å². The molecule has 4 heteroatoms. The molecule has 4 nitrogen and oxygen atoms in total. The molecule has 0 radical (unpaired) electrons. The smallest absolute Gasteiger partial charge is 0.293 e. The van der Waals surface area contributed by atoms with E-state index >= 15 is 0 Å². The molecule has 1 heterocycles. The SMILES string of the molecule is Cc1cc(N)ncc1C#CC(N)=O. The zero-order valence-corrected chi connectivity index (χ0v) is 7.16. The number of carbonyl (C=O) groups is 1. The molecule has 0 fully saturated rings. The number of hydrogen-bond donors (Lipinski definition) is 2. The van der Waals surface area contributed by atoms with Crippen LogP contribution in [0.25, 0.3) is 0 Å². The van der Waals surface area contributed by atoms with Crippen LogP contribution in [0.15, 0.2) is 12.3 Å². The van der Waals surface area contributed by atoms with Crippen LogP contribution < -0.4 is 11.5 Å². The van der Waals surface area contributed by atoms with Crippen molar-refractivity contribution in [3.8, 4) is 11.8 Å². The number of anilines is 1. The van der Waals surface area contributed by atoms with Gasteiger partial charge in [-0.25, -0.2) is 4.98 Å². The van der Waals surface area contributed by atoms with Crippen LogP contribution in [0.2, 0.25) is 0 Å². The minimum Gasteiger partial charge on any atom is -0.384 e. The van der Waals surface area contributed by atoms with Crippen LogP contribution in [0, 0.1) is 18.8 Å². The van der Waals surface area contributed by atoms with Crippen molar-refractivity contribution in [2.45, 2.75) is 6.92 Å². The summed E-state index contributed by atoms with van der Waals surface area (Å²) in [6.07, 6.45) is 1.51. The third-order valence-electron chi connectivity index (χ3n) is 1.45. The van der Waals surface area contributed by atoms with Crippen LogP contribution in [-0.2, 0) is 4.79 Å². The highest BCUT2D eigenvalue weighted by atomic mass is 16.1. The van der Waals surface area contributed by atoms with Crippen molar-refractivity contribution in [3.63, 3.8) is 0 Å². The fourth-order valence-corrected chi connectivity index (χ4v) is 0.838. The second kappa shape index (κ2) is 3.59. The van der Waals surface area contributed by atoms with Gasteiger partial charge in [-0.15, -0.1) is 0 Å². The van der Waals surface area contributed by atoms with Gasteiger partial charge >= 0.3 is 0 Å². The van der Waals surface area contributed by atoms with Gasteiger partial charge in [0.2, 0.25) is 0 Å². The predicted octanol–water partition coefficient (Wildman–Crippen LogP) is -0.191. The molecule has 13 heavy (non-hydrogen) atoms. The van der Waals surface area contributed by atoms with Gasteiger partial charge in [-0.05, 0) is 18.6 Å². The van der Waals surface area contributed by atoms with E-state index < -0.39 is 5.91 Å². The summed E-state index contributed by atoms with van der Waals surface area (Å²) in [5.41, 5.74) is 11.8. The Balaban J connectivity index is 3.05. The Morgan fingerprint density at radius 3 is 2.85 bits per heavy atom. The topological polar surface area (TPSA) is 82.0 Å². The second-order valence-electron chi connectivity index (χ2n) is 2.54. The number of amides is 1. The van der Waals surface area contributed by atoms with E-state index in [1.165, 1.54) is 6.20 Å². The average Bonchev–Trinajstić information content (AvgIpc) is 2.02. The third-order valence-corrected chi connectivity index (χ3v) is 1.45. The third kappa shape index (κ3) is 2.49. The number of aromatic nitrogens is 1. The Bertz CT molecular complexity index is 401. The summed E-state index contributed by atoms with van der Waals surface area (Å²) in [6, 6.07) is 1.69. The number of primary amides is 1. The van der Waals surface area contributed by atoms with Crippen LogP contribution in [0.1, 0.15) is 11.1 Å². The maximum atomic E-state index is 10.4. The minimum atomic E-state index is -0.656. The summed E-state index contributed by atoms with van der Waals surface area (Å²) in [4.78, 5) is 14.2. The first-order valence-corrected chi connectivity index (χ1v) is 3.63. The molecule has 1 aromatic rings. The molecule has 1 aromatic heterocycles. The fraction of sp³-hybridized carbons (Fsp3) is 0.111. The number of aryl methyl sites for hydroxylation is 1. The molecule has 0 aliphatic rings. The van der Waals surface area contributed by atoms with Gasteiger partial charge < -0.3 is 11.5 Å². The number of nitrogens with two attached hydrogens (primary N) is 2. The van der Waals surface area contributed by atoms with E-state index in [0.29, 0.717) is 11.4 Å². The second-order valence-corrected chi connectivity index (χ2v) is 2.54. The highest BCUT2D eigenvalue weighted by Gasteiger charge is 1.95. The summed E-state index contributed by atoms with van der Waals surface area (Å²) in [6.45, 7) is 1.84. The normalized spacial score (nSPS) is 8.69. The molecular formula is C9H9N3O. The van der Waals surface area contributed by atoms with Crippen LogP contribution in [0.5, 0.6) is 0 Å². The monoisotopic (exact) mass is 175 g/mol. The molecule has 0 saturated carbocycles. The van der Waals surface area contributed by atoms with Crippen LogP contribution in [0.4, 0.5) is 5.82 Å². The van der Waals surface area contributed by atoms with Crippen molar-refractivity contribution < 1.29 is 4.79 Å². The molecule has 0 aliphatic heterocycles. The molecule has 0 aromatic carbocycles. The summed E-state index contributed by atoms with van der Waals surface area (Å²) in [7, 11) is 0. The average molecular weight is 175 g/mol. The lowest BCUT2D eigenvalue weighted by molar-refractivity contribution is -0.112. The van der Waals surface area contributed by atoms with Crippen LogP contribution in [-0.4, -0.2) is 10.9 Å². The lowest BCUT2D eigenvalue weighted by atomic mass is 10.1. The zero-order chi connectivity index (χ0) is 9.84. The van der Waals surface area contributed by atoms with Crippen LogP contribution >= 0.6 is 0 Å². The Morgan fingerprint density at radius 1 is 1.62 bits per heavy atom. The molecule has 0 saturated heterocycles. The van der Waals surface area contributed by atoms with Gasteiger partial charge in [-0.1, -0.05) is 5.92 Å². The standard InChI is InChI=1S/C9H9N3O/c1-6-4-8(10)12-5-7(6)2-3-9(11)13/h4-5H,1H3,(H2,10,12)(H2,11,13). The molecule has 66 valence electrons. The molecule has 1 rings (SSSR count). The molecule has 0 bridgehead atoms. The fourth-order valence-electron chi connectivity index (χ4n) is 0.838. The highest BCUT2D eigenvalue weighted by Crippen LogP contribution is 2.07. The quantitative estimate of drug-likeness (QED) is 0.536. The number of carbonyl (C=O) groups excluding carboxylic acids is 1. The maximum absolute atomic E-state index is 10.4. The lowest BCUT2D eigenvalue weighted by Gasteiger charge is -1.97. The summed E-state index contributed by atoms with van der Waals surface area (Å²) < 4.78 is 0. The van der Waals surface area contributed by atoms with Gasteiger partial charge in [0.25, 0.3) is 5.91 Å². The summed E-state index contributed by atoms with van der Waals surface area (Å²) >= 11 is 0. The van der Waals surface area contributed by atoms with E-state index in [2.05, 4.69) is 16.8 Å². The van der Waals surface area contributed by atoms with Crippen molar-refractivity contribution in [1.29, 1.82) is 0 Å². The Hall–Kier alpha value is -2.02. The Labute approximate surface area is 76.0 Å². The van der Waals surface area contributed by atoms with Gasteiger partial charge in [0.15, 0.2) is 0 Å². The van der Waals surface area contributed by atoms with Crippen molar-refractivity contribution in [2.24, 2.45) is 5.73 Å². The number of nitrogens with zero attached hydrogens (tertiary/aromatic N) is 1. The van der Waals surface area contributed by atoms with Gasteiger partial charge in [0, 0.05) is 17.7 Å². The van der Waals surface area contributed by atoms with E-state index in [-0.39, 0.29) is 0 Å². The summed E-state index contributed by atoms with van der Waals surface area (Å²) in [5.74, 6) is 4.60. The van der Waals surface area contributed by atoms with Crippen molar-refractivity contribution >= 4 is 11.7 Å². The van der Waals surface area contributed by atoms with E-state index in [9.17, 15) is 4.79 Å². The number of rotatable bonds is 0. The molecule has 0 aliphatic carbocycles. The van der Waals surface area contributed by atoms with Gasteiger partial charge in [0.1, 0.15) is 5.82 Å². The van der Waals surface area contributed by atoms with E-state index in [4.69, 9.17) is 11.5 Å². The highest BCUT2D eigenvalue weighted by molar-refractivity contribution is 5.92. The molecule has 0 spiro atoms.